The van der Waals surface area contributed by atoms with Gasteiger partial charge in [-0.2, -0.15) is 0 Å². The number of carbonyl (C=O) groups excluding carboxylic acids is 4. The van der Waals surface area contributed by atoms with E-state index in [1.165, 1.54) is 49.4 Å². The molecule has 1 unspecified atom stereocenters. The van der Waals surface area contributed by atoms with Crippen molar-refractivity contribution in [1.29, 1.82) is 0 Å². The van der Waals surface area contributed by atoms with Crippen molar-refractivity contribution < 1.29 is 33.8 Å². The Morgan fingerprint density at radius 2 is 1.67 bits per heavy atom. The van der Waals surface area contributed by atoms with Crippen LogP contribution in [-0.4, -0.2) is 57.6 Å². The van der Waals surface area contributed by atoms with Crippen LogP contribution in [0.2, 0.25) is 0 Å². The van der Waals surface area contributed by atoms with Gasteiger partial charge in [0.2, 0.25) is 5.91 Å². The summed E-state index contributed by atoms with van der Waals surface area (Å²) in [6, 6.07) is 12.1. The van der Waals surface area contributed by atoms with Gasteiger partial charge in [0.1, 0.15) is 6.04 Å². The number of nitrogens with zero attached hydrogens (tertiary/aromatic N) is 1. The maximum atomic E-state index is 13.4. The van der Waals surface area contributed by atoms with Crippen LogP contribution in [0.4, 0.5) is 0 Å². The van der Waals surface area contributed by atoms with Gasteiger partial charge in [0.15, 0.2) is 5.12 Å². The minimum atomic E-state index is -1.20. The van der Waals surface area contributed by atoms with Crippen LogP contribution in [0.15, 0.2) is 54.7 Å². The molecule has 10 nitrogen and oxygen atoms in total. The third-order valence-corrected chi connectivity index (χ3v) is 8.80. The molecule has 3 aromatic rings. The normalized spacial score (nSPS) is 14.9. The zero-order valence-corrected chi connectivity index (χ0v) is 25.2. The van der Waals surface area contributed by atoms with Crippen molar-refractivity contribution in [1.82, 2.24) is 9.99 Å². The number of thioether (sulfide) groups is 1. The van der Waals surface area contributed by atoms with Gasteiger partial charge in [-0.1, -0.05) is 62.1 Å². The van der Waals surface area contributed by atoms with E-state index in [0.717, 1.165) is 42.8 Å². The van der Waals surface area contributed by atoms with Crippen LogP contribution in [0, 0.1) is 11.8 Å². The van der Waals surface area contributed by atoms with Gasteiger partial charge < -0.3 is 15.2 Å². The Bertz CT molecular complexity index is 1480. The smallest absolute Gasteiger partial charge is 0.337 e. The third-order valence-electron chi connectivity index (χ3n) is 7.82. The number of hydrogen-bond acceptors (Lipinski definition) is 7. The fourth-order valence-electron chi connectivity index (χ4n) is 5.56. The lowest BCUT2D eigenvalue weighted by molar-refractivity contribution is -0.142. The second-order valence-electron chi connectivity index (χ2n) is 10.9. The van der Waals surface area contributed by atoms with Crippen molar-refractivity contribution in [3.63, 3.8) is 0 Å². The lowest BCUT2D eigenvalue weighted by Gasteiger charge is -2.26. The van der Waals surface area contributed by atoms with Gasteiger partial charge in [-0.3, -0.25) is 24.5 Å². The Labute approximate surface area is 254 Å². The molecule has 2 amide bonds. The summed E-state index contributed by atoms with van der Waals surface area (Å²) in [4.78, 5) is 62.1. The number of carboxylic acid groups (broad SMARTS) is 1. The summed E-state index contributed by atoms with van der Waals surface area (Å²) in [7, 11) is 1.28. The molecule has 0 spiro atoms. The van der Waals surface area contributed by atoms with Crippen molar-refractivity contribution in [2.45, 2.75) is 57.9 Å². The maximum absolute atomic E-state index is 13.4. The molecule has 1 aliphatic carbocycles. The summed E-state index contributed by atoms with van der Waals surface area (Å²) < 4.78 is 6.22. The molecule has 2 aromatic carbocycles. The van der Waals surface area contributed by atoms with Gasteiger partial charge in [-0.15, -0.1) is 0 Å². The number of hydrogen-bond donors (Lipinski definition) is 3. The number of aromatic nitrogens is 1. The Hall–Kier alpha value is -4.12. The van der Waals surface area contributed by atoms with E-state index in [9.17, 15) is 29.1 Å². The van der Waals surface area contributed by atoms with Crippen molar-refractivity contribution in [2.75, 3.05) is 18.3 Å². The molecule has 1 saturated carbocycles. The summed E-state index contributed by atoms with van der Waals surface area (Å²) in [5.41, 5.74) is 4.73. The Balaban J connectivity index is 1.51. The first-order valence-electron chi connectivity index (χ1n) is 14.4. The first-order valence-corrected chi connectivity index (χ1v) is 15.4. The Morgan fingerprint density at radius 1 is 1.00 bits per heavy atom. The lowest BCUT2D eigenvalue weighted by Crippen LogP contribution is -2.46. The average Bonchev–Trinajstić information content (AvgIpc) is 3.35. The number of nitrogens with one attached hydrogen (secondary N) is 2. The van der Waals surface area contributed by atoms with E-state index >= 15 is 0 Å². The minimum Gasteiger partial charge on any atom is -0.480 e. The van der Waals surface area contributed by atoms with E-state index < -0.39 is 29.8 Å². The van der Waals surface area contributed by atoms with Gasteiger partial charge in [0.05, 0.1) is 18.2 Å². The second kappa shape index (κ2) is 14.9. The highest BCUT2D eigenvalue weighted by Crippen LogP contribution is 2.31. The number of para-hydroxylation sites is 1. The predicted octanol–water partition coefficient (Wildman–Crippen LogP) is 4.79. The van der Waals surface area contributed by atoms with Crippen LogP contribution < -0.4 is 10.7 Å². The number of rotatable bonds is 12. The molecular weight excluding hydrogens is 570 g/mol. The largest absolute Gasteiger partial charge is 0.480 e. The number of carboxylic acids is 1. The molecule has 3 N–H and O–H groups in total. The highest BCUT2D eigenvalue weighted by molar-refractivity contribution is 8.13. The average molecular weight is 608 g/mol. The predicted molar refractivity (Wildman–Crippen MR) is 165 cm³/mol. The van der Waals surface area contributed by atoms with Crippen LogP contribution in [0.1, 0.15) is 71.7 Å². The van der Waals surface area contributed by atoms with Crippen molar-refractivity contribution in [2.24, 2.45) is 11.8 Å². The van der Waals surface area contributed by atoms with E-state index in [2.05, 4.69) is 10.7 Å². The molecule has 1 fully saturated rings. The standard InChI is InChI=1S/C32H37N3O7S/c1-20(36)43-19-25(16-21-8-4-3-5-9-21)29(37)33-27(31(39)40)17-24-18-35(28-11-7-6-10-26(24)28)34-30(38)22-12-14-23(15-13-22)32(41)42-2/h6-7,10-15,18,21,25,27H,3-5,8-9,16-17,19H2,1-2H3,(H,33,37)(H,34,38)(H,39,40)/t25?,27-/m0/s1. The summed E-state index contributed by atoms with van der Waals surface area (Å²) in [5.74, 6) is -2.24. The molecule has 11 heteroatoms. The van der Waals surface area contributed by atoms with Crippen LogP contribution >= 0.6 is 11.8 Å². The van der Waals surface area contributed by atoms with E-state index in [1.807, 2.05) is 12.1 Å². The van der Waals surface area contributed by atoms with Crippen LogP contribution in [0.25, 0.3) is 10.9 Å². The highest BCUT2D eigenvalue weighted by atomic mass is 32.2. The monoisotopic (exact) mass is 607 g/mol. The lowest BCUT2D eigenvalue weighted by atomic mass is 9.83. The minimum absolute atomic E-state index is 0.00567. The number of esters is 1. The highest BCUT2D eigenvalue weighted by Gasteiger charge is 2.29. The van der Waals surface area contributed by atoms with Gasteiger partial charge in [-0.05, 0) is 48.2 Å². The third kappa shape index (κ3) is 8.47. The van der Waals surface area contributed by atoms with Gasteiger partial charge in [0.25, 0.3) is 5.91 Å². The van der Waals surface area contributed by atoms with Gasteiger partial charge >= 0.3 is 11.9 Å². The van der Waals surface area contributed by atoms with E-state index in [-0.39, 0.29) is 17.4 Å². The van der Waals surface area contributed by atoms with Crippen LogP contribution in [0.3, 0.4) is 0 Å². The quantitative estimate of drug-likeness (QED) is 0.249. The molecule has 2 atom stereocenters. The molecule has 0 radical (unpaired) electrons. The Morgan fingerprint density at radius 3 is 2.33 bits per heavy atom. The van der Waals surface area contributed by atoms with Crippen LogP contribution in [-0.2, 0) is 25.5 Å². The molecule has 1 aromatic heterocycles. The summed E-state index contributed by atoms with van der Waals surface area (Å²) in [6.07, 6.45) is 7.78. The zero-order chi connectivity index (χ0) is 30.9. The number of amides is 2. The topological polar surface area (TPSA) is 144 Å². The Kier molecular flexibility index (Phi) is 11.0. The van der Waals surface area contributed by atoms with E-state index in [4.69, 9.17) is 4.74 Å². The summed E-state index contributed by atoms with van der Waals surface area (Å²) in [5, 5.41) is 13.5. The molecule has 43 heavy (non-hydrogen) atoms. The number of aliphatic carboxylic acids is 1. The van der Waals surface area contributed by atoms with E-state index in [1.54, 1.807) is 18.3 Å². The van der Waals surface area contributed by atoms with Crippen molar-refractivity contribution >= 4 is 51.5 Å². The van der Waals surface area contributed by atoms with Gasteiger partial charge in [0, 0.05) is 42.2 Å². The zero-order valence-electron chi connectivity index (χ0n) is 24.3. The fraction of sp³-hybridized carbons (Fsp3) is 0.406. The van der Waals surface area contributed by atoms with Gasteiger partial charge in [-0.25, -0.2) is 9.59 Å². The molecule has 0 bridgehead atoms. The summed E-state index contributed by atoms with van der Waals surface area (Å²) in [6.45, 7) is 1.46. The molecule has 0 aliphatic heterocycles. The van der Waals surface area contributed by atoms with Crippen LogP contribution in [0.5, 0.6) is 0 Å². The first kappa shape index (κ1) is 31.8. The summed E-state index contributed by atoms with van der Waals surface area (Å²) >= 11 is 1.09. The maximum Gasteiger partial charge on any atom is 0.337 e. The fourth-order valence-corrected chi connectivity index (χ4v) is 6.28. The van der Waals surface area contributed by atoms with Crippen molar-refractivity contribution in [3.05, 3.63) is 71.4 Å². The number of benzene rings is 2. The second-order valence-corrected chi connectivity index (χ2v) is 12.1. The molecule has 4 rings (SSSR count). The molecule has 1 aliphatic rings. The van der Waals surface area contributed by atoms with Crippen molar-refractivity contribution in [3.8, 4) is 0 Å². The molecule has 1 heterocycles. The first-order chi connectivity index (χ1) is 20.7. The SMILES string of the molecule is COC(=O)c1ccc(C(=O)Nn2cc(C[C@H](NC(=O)C(CSC(C)=O)CC3CCCCC3)C(=O)O)c3ccccc32)cc1. The molecule has 228 valence electrons. The number of fused-ring (bicyclic) bond motifs is 1. The van der Waals surface area contributed by atoms with E-state index in [0.29, 0.717) is 40.3 Å². The number of ether oxygens (including phenoxy) is 1. The number of carbonyl (C=O) groups is 5. The molecular formula is C32H37N3O7S. The molecule has 0 saturated heterocycles. The number of methoxy groups -OCH3 is 1.